The minimum atomic E-state index is -0.377. The van der Waals surface area contributed by atoms with Crippen LogP contribution in [0.4, 0.5) is 11.5 Å². The SMILES string of the molecule is CCOC(=O)c1ccc(NC(=O)CCNc2cc(C)on2)cc1. The maximum absolute atomic E-state index is 11.8. The fraction of sp³-hybridized carbons (Fsp3) is 0.312. The minimum absolute atomic E-state index is 0.137. The third-order valence-electron chi connectivity index (χ3n) is 2.97. The van der Waals surface area contributed by atoms with Crippen molar-refractivity contribution < 1.29 is 18.8 Å². The lowest BCUT2D eigenvalue weighted by molar-refractivity contribution is -0.115. The first-order valence-electron chi connectivity index (χ1n) is 7.32. The zero-order chi connectivity index (χ0) is 16.7. The molecule has 0 aliphatic carbocycles. The average Bonchev–Trinajstić information content (AvgIpc) is 2.93. The lowest BCUT2D eigenvalue weighted by atomic mass is 10.2. The number of hydrogen-bond donors (Lipinski definition) is 2. The Morgan fingerprint density at radius 2 is 2.00 bits per heavy atom. The van der Waals surface area contributed by atoms with E-state index in [-0.39, 0.29) is 18.3 Å². The second kappa shape index (κ2) is 7.98. The smallest absolute Gasteiger partial charge is 0.338 e. The molecule has 23 heavy (non-hydrogen) atoms. The molecule has 2 aromatic rings. The molecule has 0 radical (unpaired) electrons. The summed E-state index contributed by atoms with van der Waals surface area (Å²) in [4.78, 5) is 23.4. The number of ether oxygens (including phenoxy) is 1. The van der Waals surface area contributed by atoms with Crippen LogP contribution in [-0.2, 0) is 9.53 Å². The summed E-state index contributed by atoms with van der Waals surface area (Å²) in [5, 5.41) is 9.53. The molecule has 1 aromatic carbocycles. The molecule has 0 aliphatic rings. The third-order valence-corrected chi connectivity index (χ3v) is 2.97. The van der Waals surface area contributed by atoms with Crippen molar-refractivity contribution in [3.63, 3.8) is 0 Å². The van der Waals surface area contributed by atoms with E-state index in [4.69, 9.17) is 9.26 Å². The molecule has 0 atom stereocenters. The van der Waals surface area contributed by atoms with Gasteiger partial charge in [0, 0.05) is 24.7 Å². The van der Waals surface area contributed by atoms with Crippen molar-refractivity contribution in [2.75, 3.05) is 23.8 Å². The van der Waals surface area contributed by atoms with Gasteiger partial charge < -0.3 is 19.9 Å². The fourth-order valence-electron chi connectivity index (χ4n) is 1.88. The number of amides is 1. The second-order valence-corrected chi connectivity index (χ2v) is 4.85. The summed E-state index contributed by atoms with van der Waals surface area (Å²) < 4.78 is 9.81. The van der Waals surface area contributed by atoms with Crippen LogP contribution in [-0.4, -0.2) is 30.2 Å². The van der Waals surface area contributed by atoms with Crippen LogP contribution in [0.5, 0.6) is 0 Å². The Morgan fingerprint density at radius 3 is 2.61 bits per heavy atom. The van der Waals surface area contributed by atoms with E-state index in [1.165, 1.54) is 0 Å². The summed E-state index contributed by atoms with van der Waals surface area (Å²) in [7, 11) is 0. The van der Waals surface area contributed by atoms with Gasteiger partial charge in [-0.2, -0.15) is 0 Å². The van der Waals surface area contributed by atoms with Gasteiger partial charge in [-0.25, -0.2) is 4.79 Å². The Balaban J connectivity index is 1.77. The molecule has 0 bridgehead atoms. The number of carbonyl (C=O) groups excluding carboxylic acids is 2. The minimum Gasteiger partial charge on any atom is -0.462 e. The first-order chi connectivity index (χ1) is 11.1. The molecule has 1 heterocycles. The zero-order valence-corrected chi connectivity index (χ0v) is 13.1. The van der Waals surface area contributed by atoms with Gasteiger partial charge in [-0.1, -0.05) is 5.16 Å². The summed E-state index contributed by atoms with van der Waals surface area (Å²) in [5.41, 5.74) is 1.08. The molecule has 0 unspecified atom stereocenters. The molecule has 2 N–H and O–H groups in total. The maximum Gasteiger partial charge on any atom is 0.338 e. The summed E-state index contributed by atoms with van der Waals surface area (Å²) in [6.07, 6.45) is 0.283. The van der Waals surface area contributed by atoms with Gasteiger partial charge in [0.2, 0.25) is 5.91 Å². The molecular formula is C16H19N3O4. The first-order valence-corrected chi connectivity index (χ1v) is 7.32. The standard InChI is InChI=1S/C16H19N3O4/c1-3-22-16(21)12-4-6-13(7-5-12)18-15(20)8-9-17-14-10-11(2)23-19-14/h4-7,10H,3,8-9H2,1-2H3,(H,17,19)(H,18,20). The van der Waals surface area contributed by atoms with Crippen LogP contribution in [0.1, 0.15) is 29.5 Å². The number of benzene rings is 1. The highest BCUT2D eigenvalue weighted by atomic mass is 16.5. The van der Waals surface area contributed by atoms with Crippen molar-refractivity contribution in [3.8, 4) is 0 Å². The normalized spacial score (nSPS) is 10.2. The van der Waals surface area contributed by atoms with Crippen molar-refractivity contribution >= 4 is 23.4 Å². The topological polar surface area (TPSA) is 93.5 Å². The highest BCUT2D eigenvalue weighted by Crippen LogP contribution is 2.11. The third kappa shape index (κ3) is 5.14. The van der Waals surface area contributed by atoms with Gasteiger partial charge in [0.25, 0.3) is 0 Å². The molecule has 1 amide bonds. The monoisotopic (exact) mass is 317 g/mol. The summed E-state index contributed by atoms with van der Waals surface area (Å²) in [6, 6.07) is 8.32. The largest absolute Gasteiger partial charge is 0.462 e. The quantitative estimate of drug-likeness (QED) is 0.762. The molecule has 0 aliphatic heterocycles. The van der Waals surface area contributed by atoms with Crippen molar-refractivity contribution in [2.45, 2.75) is 20.3 Å². The van der Waals surface area contributed by atoms with Gasteiger partial charge in [0.05, 0.1) is 12.2 Å². The lowest BCUT2D eigenvalue weighted by Gasteiger charge is -2.07. The van der Waals surface area contributed by atoms with Crippen molar-refractivity contribution in [1.29, 1.82) is 0 Å². The van der Waals surface area contributed by atoms with E-state index >= 15 is 0 Å². The molecule has 7 heteroatoms. The maximum atomic E-state index is 11.8. The molecule has 7 nitrogen and oxygen atoms in total. The van der Waals surface area contributed by atoms with Crippen LogP contribution >= 0.6 is 0 Å². The lowest BCUT2D eigenvalue weighted by Crippen LogP contribution is -2.16. The van der Waals surface area contributed by atoms with E-state index in [2.05, 4.69) is 15.8 Å². The van der Waals surface area contributed by atoms with Crippen molar-refractivity contribution in [2.24, 2.45) is 0 Å². The summed E-state index contributed by atoms with van der Waals surface area (Å²) in [5.74, 6) is 0.798. The number of anilines is 2. The number of hydrogen-bond acceptors (Lipinski definition) is 6. The summed E-state index contributed by atoms with van der Waals surface area (Å²) >= 11 is 0. The van der Waals surface area contributed by atoms with E-state index in [0.29, 0.717) is 36.0 Å². The molecule has 2 rings (SSSR count). The van der Waals surface area contributed by atoms with Gasteiger partial charge in [-0.3, -0.25) is 4.79 Å². The highest BCUT2D eigenvalue weighted by Gasteiger charge is 2.07. The van der Waals surface area contributed by atoms with Gasteiger partial charge >= 0.3 is 5.97 Å². The van der Waals surface area contributed by atoms with Gasteiger partial charge in [-0.15, -0.1) is 0 Å². The number of nitrogens with one attached hydrogen (secondary N) is 2. The predicted octanol–water partition coefficient (Wildman–Crippen LogP) is 2.60. The number of rotatable bonds is 7. The van der Waals surface area contributed by atoms with Crippen LogP contribution in [0.15, 0.2) is 34.9 Å². The van der Waals surface area contributed by atoms with E-state index < -0.39 is 0 Å². The Labute approximate surface area is 134 Å². The number of esters is 1. The summed E-state index contributed by atoms with van der Waals surface area (Å²) in [6.45, 7) is 4.32. The Bertz CT molecular complexity index is 664. The molecule has 0 saturated heterocycles. The van der Waals surface area contributed by atoms with E-state index in [9.17, 15) is 9.59 Å². The fourth-order valence-corrected chi connectivity index (χ4v) is 1.88. The van der Waals surface area contributed by atoms with E-state index in [1.54, 1.807) is 44.2 Å². The highest BCUT2D eigenvalue weighted by molar-refractivity contribution is 5.93. The Hall–Kier alpha value is -2.83. The van der Waals surface area contributed by atoms with E-state index in [1.807, 2.05) is 0 Å². The molecule has 0 saturated carbocycles. The number of carbonyl (C=O) groups is 2. The predicted molar refractivity (Wildman–Crippen MR) is 85.4 cm³/mol. The number of aryl methyl sites for hydroxylation is 1. The molecule has 0 fully saturated rings. The Kier molecular flexibility index (Phi) is 5.74. The molecule has 1 aromatic heterocycles. The van der Waals surface area contributed by atoms with Crippen LogP contribution in [0.2, 0.25) is 0 Å². The van der Waals surface area contributed by atoms with Crippen LogP contribution in [0.3, 0.4) is 0 Å². The molecule has 0 spiro atoms. The average molecular weight is 317 g/mol. The van der Waals surface area contributed by atoms with Crippen LogP contribution in [0, 0.1) is 6.92 Å². The second-order valence-electron chi connectivity index (χ2n) is 4.85. The molecular weight excluding hydrogens is 298 g/mol. The van der Waals surface area contributed by atoms with Gasteiger partial charge in [0.15, 0.2) is 5.82 Å². The van der Waals surface area contributed by atoms with Crippen LogP contribution in [0.25, 0.3) is 0 Å². The first kappa shape index (κ1) is 16.5. The van der Waals surface area contributed by atoms with Gasteiger partial charge in [-0.05, 0) is 38.1 Å². The van der Waals surface area contributed by atoms with Gasteiger partial charge in [0.1, 0.15) is 5.76 Å². The number of aromatic nitrogens is 1. The van der Waals surface area contributed by atoms with E-state index in [0.717, 1.165) is 0 Å². The zero-order valence-electron chi connectivity index (χ0n) is 13.1. The van der Waals surface area contributed by atoms with Crippen molar-refractivity contribution in [1.82, 2.24) is 5.16 Å². The molecule has 122 valence electrons. The number of nitrogens with zero attached hydrogens (tertiary/aromatic N) is 1. The van der Waals surface area contributed by atoms with Crippen LogP contribution < -0.4 is 10.6 Å². The van der Waals surface area contributed by atoms with Crippen molar-refractivity contribution in [3.05, 3.63) is 41.7 Å². The Morgan fingerprint density at radius 1 is 1.26 bits per heavy atom.